The van der Waals surface area contributed by atoms with Gasteiger partial charge in [0.05, 0.1) is 0 Å². The molecule has 0 spiro atoms. The van der Waals surface area contributed by atoms with E-state index >= 15 is 0 Å². The van der Waals surface area contributed by atoms with Crippen molar-refractivity contribution in [3.05, 3.63) is 0 Å². The van der Waals surface area contributed by atoms with E-state index in [0.29, 0.717) is 0 Å². The fraction of sp³-hybridized carbons (Fsp3) is 1.00. The first-order valence-corrected chi connectivity index (χ1v) is 15.0. The van der Waals surface area contributed by atoms with Gasteiger partial charge in [-0.25, -0.2) is 0 Å². The van der Waals surface area contributed by atoms with E-state index in [2.05, 4.69) is 53.1 Å². The van der Waals surface area contributed by atoms with Gasteiger partial charge in [-0.05, 0) is 51.4 Å². The summed E-state index contributed by atoms with van der Waals surface area (Å²) in [5, 5.41) is 0. The Labute approximate surface area is 121 Å². The Kier molecular flexibility index (Phi) is 14.2. The lowest BCUT2D eigenvalue weighted by Crippen LogP contribution is -2.51. The first kappa shape index (κ1) is 27.0. The maximum Gasteiger partial charge on any atom is 0.311 e. The largest absolute Gasteiger partial charge is 0.437 e. The molecule has 0 aliphatic rings. The van der Waals surface area contributed by atoms with Gasteiger partial charge in [-0.15, -0.1) is 0 Å². The SMILES string of the molecule is C.C.C.CC[Si](C)(C)O[Si](C)(C)O[Si](C)(C)CC. The van der Waals surface area contributed by atoms with Gasteiger partial charge < -0.3 is 8.23 Å². The highest BCUT2D eigenvalue weighted by atomic mass is 28.5. The van der Waals surface area contributed by atoms with Crippen molar-refractivity contribution in [2.45, 2.75) is 87.5 Å². The lowest BCUT2D eigenvalue weighted by molar-refractivity contribution is 0.390. The average Bonchev–Trinajstić information content (AvgIpc) is 2.00. The Morgan fingerprint density at radius 1 is 0.611 bits per heavy atom. The molecule has 0 N–H and O–H groups in total. The zero-order valence-electron chi connectivity index (χ0n) is 11.7. The molecule has 0 aromatic carbocycles. The second-order valence-corrected chi connectivity index (χ2v) is 18.7. The summed E-state index contributed by atoms with van der Waals surface area (Å²) in [6.45, 7) is 18.0. The van der Waals surface area contributed by atoms with Crippen LogP contribution in [0, 0.1) is 0 Å². The molecule has 0 saturated heterocycles. The normalized spacial score (nSPS) is 12.0. The van der Waals surface area contributed by atoms with Crippen LogP contribution >= 0.6 is 0 Å². The predicted molar refractivity (Wildman–Crippen MR) is 95.8 cm³/mol. The molecule has 0 saturated carbocycles. The van der Waals surface area contributed by atoms with Gasteiger partial charge in [-0.2, -0.15) is 0 Å². The molecule has 5 heteroatoms. The molecule has 0 aliphatic carbocycles. The topological polar surface area (TPSA) is 18.5 Å². The predicted octanol–water partition coefficient (Wildman–Crippen LogP) is 6.08. The van der Waals surface area contributed by atoms with Crippen molar-refractivity contribution in [1.29, 1.82) is 0 Å². The Morgan fingerprint density at radius 3 is 1.00 bits per heavy atom. The molecule has 0 unspecified atom stereocenters. The van der Waals surface area contributed by atoms with Gasteiger partial charge in [0, 0.05) is 0 Å². The minimum atomic E-state index is -1.89. The van der Waals surface area contributed by atoms with Crippen molar-refractivity contribution in [3.63, 3.8) is 0 Å². The zero-order valence-corrected chi connectivity index (χ0v) is 14.7. The van der Waals surface area contributed by atoms with E-state index in [9.17, 15) is 0 Å². The highest BCUT2D eigenvalue weighted by Gasteiger charge is 2.37. The summed E-state index contributed by atoms with van der Waals surface area (Å²) in [4.78, 5) is 0. The average molecular weight is 313 g/mol. The van der Waals surface area contributed by atoms with Crippen LogP contribution in [-0.4, -0.2) is 25.2 Å². The lowest BCUT2D eigenvalue weighted by Gasteiger charge is -2.38. The molecule has 0 fully saturated rings. The molecule has 0 atom stereocenters. The van der Waals surface area contributed by atoms with Crippen LogP contribution < -0.4 is 0 Å². The Morgan fingerprint density at radius 2 is 0.833 bits per heavy atom. The van der Waals surface area contributed by atoms with Gasteiger partial charge >= 0.3 is 8.56 Å². The monoisotopic (exact) mass is 312 g/mol. The van der Waals surface area contributed by atoms with Crippen molar-refractivity contribution in [2.75, 3.05) is 0 Å². The molecule has 0 aliphatic heterocycles. The molecule has 0 amide bonds. The molecule has 0 radical (unpaired) electrons. The van der Waals surface area contributed by atoms with Crippen LogP contribution in [0.4, 0.5) is 0 Å². The molecular weight excluding hydrogens is 272 g/mol. The lowest BCUT2D eigenvalue weighted by atomic mass is 11.0. The van der Waals surface area contributed by atoms with Gasteiger partial charge in [0.15, 0.2) is 16.6 Å². The van der Waals surface area contributed by atoms with Gasteiger partial charge in [-0.1, -0.05) is 36.1 Å². The first-order chi connectivity index (χ1) is 6.54. The molecule has 0 rings (SSSR count). The van der Waals surface area contributed by atoms with Crippen LogP contribution in [0.15, 0.2) is 0 Å². The number of hydrogen-bond acceptors (Lipinski definition) is 2. The summed E-state index contributed by atoms with van der Waals surface area (Å²) in [5.41, 5.74) is 0. The van der Waals surface area contributed by atoms with Crippen LogP contribution in [0.2, 0.25) is 51.4 Å². The van der Waals surface area contributed by atoms with Crippen LogP contribution in [0.25, 0.3) is 0 Å². The number of rotatable bonds is 6. The van der Waals surface area contributed by atoms with E-state index in [1.54, 1.807) is 0 Å². The minimum Gasteiger partial charge on any atom is -0.437 e. The Balaban J connectivity index is -0.000000327. The molecule has 18 heavy (non-hydrogen) atoms. The summed E-state index contributed by atoms with van der Waals surface area (Å²) in [6.07, 6.45) is 0. The van der Waals surface area contributed by atoms with Crippen LogP contribution in [0.3, 0.4) is 0 Å². The summed E-state index contributed by atoms with van der Waals surface area (Å²) in [6, 6.07) is 2.34. The molecule has 0 aromatic heterocycles. The van der Waals surface area contributed by atoms with Crippen molar-refractivity contribution >= 4 is 25.2 Å². The van der Waals surface area contributed by atoms with E-state index in [4.69, 9.17) is 8.23 Å². The highest BCUT2D eigenvalue weighted by Crippen LogP contribution is 2.23. The summed E-state index contributed by atoms with van der Waals surface area (Å²) in [7, 11) is -4.83. The molecule has 0 bridgehead atoms. The summed E-state index contributed by atoms with van der Waals surface area (Å²) in [5.74, 6) is 0. The quantitative estimate of drug-likeness (QED) is 0.553. The van der Waals surface area contributed by atoms with Gasteiger partial charge in [-0.3, -0.25) is 0 Å². The van der Waals surface area contributed by atoms with Crippen molar-refractivity contribution in [3.8, 4) is 0 Å². The van der Waals surface area contributed by atoms with E-state index in [-0.39, 0.29) is 22.3 Å². The van der Waals surface area contributed by atoms with Gasteiger partial charge in [0.25, 0.3) is 0 Å². The highest BCUT2D eigenvalue weighted by molar-refractivity contribution is 6.87. The van der Waals surface area contributed by atoms with Gasteiger partial charge in [0.1, 0.15) is 0 Å². The van der Waals surface area contributed by atoms with Crippen molar-refractivity contribution in [2.24, 2.45) is 0 Å². The van der Waals surface area contributed by atoms with E-state index in [1.807, 2.05) is 0 Å². The second-order valence-electron chi connectivity index (χ2n) is 5.83. The van der Waals surface area contributed by atoms with E-state index < -0.39 is 25.2 Å². The second kappa shape index (κ2) is 9.47. The standard InChI is InChI=1S/C10H28O2Si3.3CH4/c1-9-13(3,4)11-15(7,8)12-14(5,6)10-2;;;/h9-10H2,1-8H3;3*1H4. The third kappa shape index (κ3) is 11.6. The van der Waals surface area contributed by atoms with Gasteiger partial charge in [0.2, 0.25) is 0 Å². The van der Waals surface area contributed by atoms with Crippen molar-refractivity contribution < 1.29 is 8.23 Å². The summed E-state index contributed by atoms with van der Waals surface area (Å²) >= 11 is 0. The van der Waals surface area contributed by atoms with Crippen molar-refractivity contribution in [1.82, 2.24) is 0 Å². The Bertz CT molecular complexity index is 184. The molecule has 0 heterocycles. The van der Waals surface area contributed by atoms with Crippen LogP contribution in [-0.2, 0) is 8.23 Å². The molecule has 2 nitrogen and oxygen atoms in total. The minimum absolute atomic E-state index is 0. The maximum atomic E-state index is 6.30. The fourth-order valence-electron chi connectivity index (χ4n) is 1.50. The van der Waals surface area contributed by atoms with Crippen LogP contribution in [0.5, 0.6) is 0 Å². The van der Waals surface area contributed by atoms with Crippen LogP contribution in [0.1, 0.15) is 36.1 Å². The first-order valence-electron chi connectivity index (χ1n) is 5.94. The van der Waals surface area contributed by atoms with E-state index in [0.717, 1.165) is 0 Å². The third-order valence-electron chi connectivity index (χ3n) is 2.75. The fourth-order valence-corrected chi connectivity index (χ4v) is 13.8. The zero-order chi connectivity index (χ0) is 12.3. The summed E-state index contributed by atoms with van der Waals surface area (Å²) < 4.78 is 12.6. The maximum absolute atomic E-state index is 6.30. The number of hydrogen-bond donors (Lipinski definition) is 0. The smallest absolute Gasteiger partial charge is 0.311 e. The third-order valence-corrected chi connectivity index (χ3v) is 14.5. The molecule has 116 valence electrons. The Hall–Kier alpha value is 0.571. The molecule has 0 aromatic rings. The van der Waals surface area contributed by atoms with E-state index in [1.165, 1.54) is 12.1 Å². The molecular formula is C13H40O2Si3.